The lowest BCUT2D eigenvalue weighted by Gasteiger charge is -1.97. The topological polar surface area (TPSA) is 90.1 Å². The number of ketones is 1. The number of rotatable bonds is 5. The average Bonchev–Trinajstić information content (AvgIpc) is 2.58. The number of hydrogen-bond acceptors (Lipinski definition) is 6. The lowest BCUT2D eigenvalue weighted by Crippen LogP contribution is -2.06. The van der Waals surface area contributed by atoms with E-state index in [0.717, 1.165) is 17.8 Å². The molecule has 0 saturated heterocycles. The molecule has 1 aromatic rings. The number of hydrogen-bond donors (Lipinski definition) is 1. The van der Waals surface area contributed by atoms with Crippen LogP contribution >= 0.6 is 11.3 Å². The van der Waals surface area contributed by atoms with Gasteiger partial charge in [0, 0.05) is 6.92 Å². The fourth-order valence-corrected chi connectivity index (χ4v) is 3.82. The Bertz CT molecular complexity index is 491. The Kier molecular flexibility index (Phi) is 4.03. The highest BCUT2D eigenvalue weighted by Gasteiger charge is 2.22. The first-order valence-electron chi connectivity index (χ1n) is 4.88. The van der Waals surface area contributed by atoms with Crippen LogP contribution in [0.5, 0.6) is 0 Å². The van der Waals surface area contributed by atoms with Crippen molar-refractivity contribution in [2.45, 2.75) is 31.0 Å². The third kappa shape index (κ3) is 2.79. The van der Waals surface area contributed by atoms with Crippen LogP contribution in [0.4, 0.5) is 5.82 Å². The number of anilines is 1. The molecule has 0 bridgehead atoms. The van der Waals surface area contributed by atoms with E-state index in [1.807, 2.05) is 6.92 Å². The number of nitrogen functional groups attached to an aromatic ring is 1. The fourth-order valence-electron chi connectivity index (χ4n) is 1.12. The molecule has 0 fully saturated rings. The van der Waals surface area contributed by atoms with Crippen molar-refractivity contribution in [3.63, 3.8) is 0 Å². The fraction of sp³-hybridized carbons (Fsp3) is 0.556. The minimum absolute atomic E-state index is 0.00701. The van der Waals surface area contributed by atoms with Gasteiger partial charge in [0.15, 0.2) is 5.78 Å². The molecule has 0 aromatic carbocycles. The second-order valence-corrected chi connectivity index (χ2v) is 6.70. The second-order valence-electron chi connectivity index (χ2n) is 3.42. The molecule has 0 radical (unpaired) electrons. The highest BCUT2D eigenvalue weighted by atomic mass is 32.2. The maximum absolute atomic E-state index is 11.8. The van der Waals surface area contributed by atoms with Gasteiger partial charge in [-0.2, -0.15) is 0 Å². The van der Waals surface area contributed by atoms with E-state index in [1.165, 1.54) is 6.92 Å². The highest BCUT2D eigenvalue weighted by molar-refractivity contribution is 7.93. The van der Waals surface area contributed by atoms with E-state index in [4.69, 9.17) is 5.73 Å². The molecule has 5 nitrogen and oxygen atoms in total. The Morgan fingerprint density at radius 2 is 2.12 bits per heavy atom. The molecule has 0 amide bonds. The summed E-state index contributed by atoms with van der Waals surface area (Å²) in [6.45, 7) is 3.25. The molecule has 2 N–H and O–H groups in total. The summed E-state index contributed by atoms with van der Waals surface area (Å²) in [4.78, 5) is 15.1. The van der Waals surface area contributed by atoms with E-state index in [0.29, 0.717) is 6.42 Å². The number of unbranched alkanes of at least 4 members (excludes halogenated alkanes) is 1. The van der Waals surface area contributed by atoms with Crippen molar-refractivity contribution >= 4 is 32.8 Å². The van der Waals surface area contributed by atoms with Crippen molar-refractivity contribution in [1.82, 2.24) is 4.98 Å². The molecule has 90 valence electrons. The van der Waals surface area contributed by atoms with Gasteiger partial charge in [-0.05, 0) is 6.42 Å². The van der Waals surface area contributed by atoms with Crippen molar-refractivity contribution in [2.75, 3.05) is 11.5 Å². The van der Waals surface area contributed by atoms with Gasteiger partial charge in [0.1, 0.15) is 10.7 Å². The molecule has 7 heteroatoms. The lowest BCUT2D eigenvalue weighted by atomic mass is 10.4. The quantitative estimate of drug-likeness (QED) is 0.812. The first kappa shape index (κ1) is 13.1. The summed E-state index contributed by atoms with van der Waals surface area (Å²) in [6.07, 6.45) is 1.37. The monoisotopic (exact) mass is 262 g/mol. The molecular formula is C9H14N2O3S2. The number of aromatic nitrogens is 1. The highest BCUT2D eigenvalue weighted by Crippen LogP contribution is 2.26. The molecular weight excluding hydrogens is 248 g/mol. The Morgan fingerprint density at radius 1 is 1.50 bits per heavy atom. The summed E-state index contributed by atoms with van der Waals surface area (Å²) < 4.78 is 23.5. The summed E-state index contributed by atoms with van der Waals surface area (Å²) in [5.74, 6) is -0.201. The van der Waals surface area contributed by atoms with Crippen LogP contribution < -0.4 is 5.73 Å². The van der Waals surface area contributed by atoms with Crippen molar-refractivity contribution in [3.8, 4) is 0 Å². The van der Waals surface area contributed by atoms with Crippen molar-refractivity contribution in [2.24, 2.45) is 0 Å². The van der Waals surface area contributed by atoms with Crippen molar-refractivity contribution in [3.05, 3.63) is 4.88 Å². The molecule has 1 aromatic heterocycles. The van der Waals surface area contributed by atoms with Crippen LogP contribution in [0.25, 0.3) is 0 Å². The standard InChI is InChI=1S/C9H14N2O3S2/c1-3-4-5-16(13,14)9-11-8(10)7(15-9)6(2)12/h3-5,10H2,1-2H3. The molecule has 1 heterocycles. The van der Waals surface area contributed by atoms with Crippen LogP contribution in [-0.4, -0.2) is 24.9 Å². The number of sulfone groups is 1. The summed E-state index contributed by atoms with van der Waals surface area (Å²) in [5, 5.41) is 0. The van der Waals surface area contributed by atoms with E-state index in [-0.39, 0.29) is 26.6 Å². The predicted octanol–water partition coefficient (Wildman–Crippen LogP) is 1.50. The third-order valence-corrected chi connectivity index (χ3v) is 5.41. The van der Waals surface area contributed by atoms with Gasteiger partial charge in [-0.1, -0.05) is 24.7 Å². The maximum atomic E-state index is 11.8. The van der Waals surface area contributed by atoms with Crippen LogP contribution in [0.3, 0.4) is 0 Å². The molecule has 0 atom stereocenters. The van der Waals surface area contributed by atoms with Crippen LogP contribution in [0.1, 0.15) is 36.4 Å². The first-order chi connectivity index (χ1) is 7.38. The zero-order valence-corrected chi connectivity index (χ0v) is 10.8. The van der Waals surface area contributed by atoms with E-state index >= 15 is 0 Å². The molecule has 1 rings (SSSR count). The van der Waals surface area contributed by atoms with Gasteiger partial charge in [-0.3, -0.25) is 4.79 Å². The zero-order chi connectivity index (χ0) is 12.3. The largest absolute Gasteiger partial charge is 0.382 e. The van der Waals surface area contributed by atoms with Gasteiger partial charge in [0.05, 0.1) is 5.75 Å². The minimum atomic E-state index is -3.38. The smallest absolute Gasteiger partial charge is 0.211 e. The normalized spacial score (nSPS) is 11.6. The zero-order valence-electron chi connectivity index (χ0n) is 9.19. The molecule has 0 aliphatic heterocycles. The van der Waals surface area contributed by atoms with Gasteiger partial charge in [0.25, 0.3) is 0 Å². The molecule has 16 heavy (non-hydrogen) atoms. The number of carbonyl (C=O) groups is 1. The van der Waals surface area contributed by atoms with Gasteiger partial charge in [-0.25, -0.2) is 13.4 Å². The van der Waals surface area contributed by atoms with Crippen LogP contribution in [0, 0.1) is 0 Å². The van der Waals surface area contributed by atoms with Crippen LogP contribution in [0.15, 0.2) is 4.34 Å². The molecule has 0 aliphatic carbocycles. The Labute approximate surface area is 98.6 Å². The molecule has 0 unspecified atom stereocenters. The van der Waals surface area contributed by atoms with E-state index < -0.39 is 9.84 Å². The summed E-state index contributed by atoms with van der Waals surface area (Å²) in [5.41, 5.74) is 5.48. The molecule has 0 spiro atoms. The van der Waals surface area contributed by atoms with E-state index in [2.05, 4.69) is 4.98 Å². The van der Waals surface area contributed by atoms with Crippen LogP contribution in [-0.2, 0) is 9.84 Å². The maximum Gasteiger partial charge on any atom is 0.211 e. The number of nitrogens with zero attached hydrogens (tertiary/aromatic N) is 1. The predicted molar refractivity (Wildman–Crippen MR) is 63.5 cm³/mol. The molecule has 0 saturated carbocycles. The lowest BCUT2D eigenvalue weighted by molar-refractivity contribution is 0.102. The van der Waals surface area contributed by atoms with Gasteiger partial charge >= 0.3 is 0 Å². The number of thiazole rings is 1. The molecule has 0 aliphatic rings. The minimum Gasteiger partial charge on any atom is -0.382 e. The van der Waals surface area contributed by atoms with Crippen LogP contribution in [0.2, 0.25) is 0 Å². The Morgan fingerprint density at radius 3 is 2.56 bits per heavy atom. The number of Topliss-reactive ketones (excluding diaryl/α,β-unsaturated/α-hetero) is 1. The summed E-state index contributed by atoms with van der Waals surface area (Å²) in [7, 11) is -3.38. The van der Waals surface area contributed by atoms with Gasteiger partial charge in [-0.15, -0.1) is 0 Å². The third-order valence-electron chi connectivity index (χ3n) is 1.99. The SMILES string of the molecule is CCCCS(=O)(=O)c1nc(N)c(C(C)=O)s1. The van der Waals surface area contributed by atoms with Crippen molar-refractivity contribution < 1.29 is 13.2 Å². The van der Waals surface area contributed by atoms with Gasteiger partial charge < -0.3 is 5.73 Å². The van der Waals surface area contributed by atoms with E-state index in [1.54, 1.807) is 0 Å². The van der Waals surface area contributed by atoms with Gasteiger partial charge in [0.2, 0.25) is 14.2 Å². The Hall–Kier alpha value is -0.950. The summed E-state index contributed by atoms with van der Waals surface area (Å²) >= 11 is 0.851. The van der Waals surface area contributed by atoms with E-state index in [9.17, 15) is 13.2 Å². The average molecular weight is 262 g/mol. The summed E-state index contributed by atoms with van der Waals surface area (Å²) in [6, 6.07) is 0. The number of nitrogens with two attached hydrogens (primary N) is 1. The Balaban J connectivity index is 3.06. The second kappa shape index (κ2) is 4.92. The van der Waals surface area contributed by atoms with Crippen molar-refractivity contribution in [1.29, 1.82) is 0 Å². The first-order valence-corrected chi connectivity index (χ1v) is 7.35. The number of carbonyl (C=O) groups excluding carboxylic acids is 1.